The van der Waals surface area contributed by atoms with Gasteiger partial charge in [0.1, 0.15) is 18.1 Å². The molecule has 7 nitrogen and oxygen atoms in total. The molecule has 1 aliphatic heterocycles. The number of amides is 2. The minimum atomic E-state index is -0.730. The summed E-state index contributed by atoms with van der Waals surface area (Å²) < 4.78 is 24.0. The summed E-state index contributed by atoms with van der Waals surface area (Å²) in [7, 11) is 0. The lowest BCUT2D eigenvalue weighted by atomic mass is 10.2. The Hall–Kier alpha value is -3.42. The van der Waals surface area contributed by atoms with Gasteiger partial charge < -0.3 is 14.8 Å². The zero-order valence-electron chi connectivity index (χ0n) is 15.0. The van der Waals surface area contributed by atoms with Crippen molar-refractivity contribution in [3.8, 4) is 5.75 Å². The Labute approximate surface area is 161 Å². The molecule has 0 radical (unpaired) electrons. The molecule has 1 aliphatic rings. The SMILES string of the molecule is O=C(COC(=O)CN1C(=O)CCOc2ccccc21)NCc1ccccc1F. The first-order chi connectivity index (χ1) is 13.5. The van der Waals surface area contributed by atoms with Crippen LogP contribution in [0.15, 0.2) is 48.5 Å². The molecule has 0 atom stereocenters. The van der Waals surface area contributed by atoms with Crippen LogP contribution in [-0.4, -0.2) is 37.5 Å². The van der Waals surface area contributed by atoms with Crippen molar-refractivity contribution in [1.29, 1.82) is 0 Å². The van der Waals surface area contributed by atoms with Crippen molar-refractivity contribution >= 4 is 23.5 Å². The first-order valence-electron chi connectivity index (χ1n) is 8.72. The van der Waals surface area contributed by atoms with Gasteiger partial charge in [0.15, 0.2) is 6.61 Å². The molecular weight excluding hydrogens is 367 g/mol. The van der Waals surface area contributed by atoms with Crippen LogP contribution in [0.25, 0.3) is 0 Å². The highest BCUT2D eigenvalue weighted by molar-refractivity contribution is 5.99. The van der Waals surface area contributed by atoms with Crippen LogP contribution in [0.5, 0.6) is 5.75 Å². The fraction of sp³-hybridized carbons (Fsp3) is 0.250. The van der Waals surface area contributed by atoms with Crippen molar-refractivity contribution in [1.82, 2.24) is 5.32 Å². The normalized spacial score (nSPS) is 13.2. The van der Waals surface area contributed by atoms with Crippen LogP contribution in [0.1, 0.15) is 12.0 Å². The zero-order valence-corrected chi connectivity index (χ0v) is 15.0. The molecule has 0 unspecified atom stereocenters. The molecule has 0 spiro atoms. The molecule has 3 rings (SSSR count). The second-order valence-electron chi connectivity index (χ2n) is 6.07. The molecule has 0 bridgehead atoms. The van der Waals surface area contributed by atoms with Gasteiger partial charge in [-0.1, -0.05) is 30.3 Å². The van der Waals surface area contributed by atoms with Crippen LogP contribution in [0, 0.1) is 5.82 Å². The molecule has 0 aliphatic carbocycles. The molecule has 2 amide bonds. The zero-order chi connectivity index (χ0) is 19.9. The first-order valence-corrected chi connectivity index (χ1v) is 8.72. The number of benzene rings is 2. The average Bonchev–Trinajstić information content (AvgIpc) is 2.85. The number of halogens is 1. The highest BCUT2D eigenvalue weighted by atomic mass is 19.1. The van der Waals surface area contributed by atoms with Gasteiger partial charge in [-0.3, -0.25) is 19.3 Å². The van der Waals surface area contributed by atoms with Gasteiger partial charge in [-0.05, 0) is 18.2 Å². The van der Waals surface area contributed by atoms with E-state index in [2.05, 4.69) is 5.32 Å². The third-order valence-corrected chi connectivity index (χ3v) is 4.12. The number of carbonyl (C=O) groups excluding carboxylic acids is 3. The number of anilines is 1. The van der Waals surface area contributed by atoms with Crippen LogP contribution in [0.2, 0.25) is 0 Å². The Morgan fingerprint density at radius 3 is 2.71 bits per heavy atom. The highest BCUT2D eigenvalue weighted by Crippen LogP contribution is 2.30. The Morgan fingerprint density at radius 1 is 1.14 bits per heavy atom. The van der Waals surface area contributed by atoms with Crippen molar-refractivity contribution in [3.63, 3.8) is 0 Å². The molecule has 1 heterocycles. The van der Waals surface area contributed by atoms with Crippen LogP contribution >= 0.6 is 0 Å². The molecule has 8 heteroatoms. The van der Waals surface area contributed by atoms with E-state index in [0.29, 0.717) is 17.0 Å². The van der Waals surface area contributed by atoms with Crippen LogP contribution < -0.4 is 15.0 Å². The molecule has 1 N–H and O–H groups in total. The van der Waals surface area contributed by atoms with E-state index < -0.39 is 24.3 Å². The largest absolute Gasteiger partial charge is 0.491 e. The van der Waals surface area contributed by atoms with Crippen molar-refractivity contribution in [2.75, 3.05) is 24.7 Å². The topological polar surface area (TPSA) is 84.9 Å². The molecule has 0 saturated carbocycles. The summed E-state index contributed by atoms with van der Waals surface area (Å²) in [6, 6.07) is 12.9. The van der Waals surface area contributed by atoms with E-state index in [1.807, 2.05) is 0 Å². The number of nitrogens with one attached hydrogen (secondary N) is 1. The summed E-state index contributed by atoms with van der Waals surface area (Å²) in [4.78, 5) is 37.5. The fourth-order valence-corrected chi connectivity index (χ4v) is 2.70. The van der Waals surface area contributed by atoms with Gasteiger partial charge in [0, 0.05) is 12.1 Å². The number of hydrogen-bond acceptors (Lipinski definition) is 5. The Bertz CT molecular complexity index is 886. The molecule has 2 aromatic rings. The minimum absolute atomic E-state index is 0.0155. The van der Waals surface area contributed by atoms with E-state index in [4.69, 9.17) is 9.47 Å². The third kappa shape index (κ3) is 4.85. The van der Waals surface area contributed by atoms with Gasteiger partial charge in [0.2, 0.25) is 5.91 Å². The van der Waals surface area contributed by atoms with Gasteiger partial charge >= 0.3 is 5.97 Å². The molecule has 0 fully saturated rings. The molecule has 146 valence electrons. The maximum Gasteiger partial charge on any atom is 0.326 e. The van der Waals surface area contributed by atoms with Crippen LogP contribution in [0.3, 0.4) is 0 Å². The van der Waals surface area contributed by atoms with E-state index in [-0.39, 0.29) is 32.0 Å². The van der Waals surface area contributed by atoms with E-state index in [0.717, 1.165) is 0 Å². The number of fused-ring (bicyclic) bond motifs is 1. The van der Waals surface area contributed by atoms with Gasteiger partial charge in [-0.15, -0.1) is 0 Å². The average molecular weight is 386 g/mol. The summed E-state index contributed by atoms with van der Waals surface area (Å²) in [6.45, 7) is -0.647. The Morgan fingerprint density at radius 2 is 1.89 bits per heavy atom. The van der Waals surface area contributed by atoms with Crippen LogP contribution in [-0.2, 0) is 25.7 Å². The van der Waals surface area contributed by atoms with Crippen molar-refractivity contribution in [3.05, 3.63) is 59.9 Å². The molecular formula is C20H19FN2O5. The highest BCUT2D eigenvalue weighted by Gasteiger charge is 2.25. The van der Waals surface area contributed by atoms with Gasteiger partial charge in [-0.25, -0.2) is 4.39 Å². The van der Waals surface area contributed by atoms with Gasteiger partial charge in [-0.2, -0.15) is 0 Å². The fourth-order valence-electron chi connectivity index (χ4n) is 2.70. The minimum Gasteiger partial charge on any atom is -0.491 e. The predicted octanol–water partition coefficient (Wildman–Crippen LogP) is 1.80. The predicted molar refractivity (Wildman–Crippen MR) is 98.1 cm³/mol. The second-order valence-corrected chi connectivity index (χ2v) is 6.07. The molecule has 0 aromatic heterocycles. The van der Waals surface area contributed by atoms with E-state index in [1.165, 1.54) is 11.0 Å². The number of hydrogen-bond donors (Lipinski definition) is 1. The van der Waals surface area contributed by atoms with Crippen LogP contribution in [0.4, 0.5) is 10.1 Å². The number of para-hydroxylation sites is 2. The number of rotatable bonds is 6. The number of esters is 1. The van der Waals surface area contributed by atoms with Crippen molar-refractivity contribution in [2.24, 2.45) is 0 Å². The molecule has 28 heavy (non-hydrogen) atoms. The van der Waals surface area contributed by atoms with Crippen molar-refractivity contribution in [2.45, 2.75) is 13.0 Å². The number of carbonyl (C=O) groups is 3. The molecule has 0 saturated heterocycles. The van der Waals surface area contributed by atoms with Gasteiger partial charge in [0.25, 0.3) is 5.91 Å². The van der Waals surface area contributed by atoms with E-state index in [1.54, 1.807) is 42.5 Å². The quantitative estimate of drug-likeness (QED) is 0.766. The second kappa shape index (κ2) is 8.98. The summed E-state index contributed by atoms with van der Waals surface area (Å²) in [5.41, 5.74) is 0.805. The maximum atomic E-state index is 13.5. The maximum absolute atomic E-state index is 13.5. The van der Waals surface area contributed by atoms with E-state index in [9.17, 15) is 18.8 Å². The summed E-state index contributed by atoms with van der Waals surface area (Å²) in [5.74, 6) is -1.50. The number of nitrogens with zero attached hydrogens (tertiary/aromatic N) is 1. The van der Waals surface area contributed by atoms with Gasteiger partial charge in [0.05, 0.1) is 18.7 Å². The smallest absolute Gasteiger partial charge is 0.326 e. The summed E-state index contributed by atoms with van der Waals surface area (Å²) >= 11 is 0. The number of ether oxygens (including phenoxy) is 2. The lowest BCUT2D eigenvalue weighted by molar-refractivity contribution is -0.147. The monoisotopic (exact) mass is 386 g/mol. The molecule has 2 aromatic carbocycles. The summed E-state index contributed by atoms with van der Waals surface area (Å²) in [5, 5.41) is 2.48. The lowest BCUT2D eigenvalue weighted by Gasteiger charge is -2.20. The Balaban J connectivity index is 1.52. The summed E-state index contributed by atoms with van der Waals surface area (Å²) in [6.07, 6.45) is 0.130. The standard InChI is InChI=1S/C20H19FN2O5/c21-15-6-2-1-5-14(15)11-22-18(24)13-28-20(26)12-23-16-7-3-4-8-17(16)27-10-9-19(23)25/h1-8H,9-13H2,(H,22,24). The van der Waals surface area contributed by atoms with E-state index >= 15 is 0 Å². The third-order valence-electron chi connectivity index (χ3n) is 4.12. The first kappa shape index (κ1) is 19.3. The Kier molecular flexibility index (Phi) is 6.21. The van der Waals surface area contributed by atoms with Crippen molar-refractivity contribution < 1.29 is 28.2 Å². The lowest BCUT2D eigenvalue weighted by Crippen LogP contribution is -2.37.